The number of sulfone groups is 1. The summed E-state index contributed by atoms with van der Waals surface area (Å²) in [4.78, 5) is 19.1. The molecule has 0 N–H and O–H groups in total. The molecule has 32 heavy (non-hydrogen) atoms. The van der Waals surface area contributed by atoms with Crippen molar-refractivity contribution in [1.82, 2.24) is 24.6 Å². The number of hydrogen-bond acceptors (Lipinski definition) is 8. The SMILES string of the molecule is CCN(C(=O)[C@@H](C)Sc1nnc(-c2cccnc2)n1Cc1ccco1)[C@H]1CCS(=O)(=O)C1. The van der Waals surface area contributed by atoms with Crippen LogP contribution in [0.3, 0.4) is 0 Å². The molecule has 1 aliphatic heterocycles. The van der Waals surface area contributed by atoms with Crippen LogP contribution in [0, 0.1) is 0 Å². The van der Waals surface area contributed by atoms with E-state index in [9.17, 15) is 13.2 Å². The molecule has 0 aromatic carbocycles. The van der Waals surface area contributed by atoms with Gasteiger partial charge < -0.3 is 9.32 Å². The Kier molecular flexibility index (Phi) is 6.66. The first-order valence-corrected chi connectivity index (χ1v) is 13.1. The predicted molar refractivity (Wildman–Crippen MR) is 121 cm³/mol. The summed E-state index contributed by atoms with van der Waals surface area (Å²) in [5.41, 5.74) is 0.809. The number of amides is 1. The van der Waals surface area contributed by atoms with Crippen LogP contribution < -0.4 is 0 Å². The molecule has 0 unspecified atom stereocenters. The molecule has 1 amide bonds. The Morgan fingerprint density at radius 1 is 1.34 bits per heavy atom. The maximum atomic E-state index is 13.2. The van der Waals surface area contributed by atoms with E-state index in [1.807, 2.05) is 42.7 Å². The molecule has 4 rings (SSSR count). The molecule has 2 atom stereocenters. The quantitative estimate of drug-likeness (QED) is 0.457. The van der Waals surface area contributed by atoms with Gasteiger partial charge in [0.1, 0.15) is 5.76 Å². The van der Waals surface area contributed by atoms with Crippen molar-refractivity contribution in [2.24, 2.45) is 0 Å². The summed E-state index contributed by atoms with van der Waals surface area (Å²) in [5, 5.41) is 8.81. The second kappa shape index (κ2) is 9.45. The van der Waals surface area contributed by atoms with Crippen molar-refractivity contribution < 1.29 is 17.6 Å². The molecular formula is C21H25N5O4S2. The van der Waals surface area contributed by atoms with E-state index in [0.29, 0.717) is 30.5 Å². The summed E-state index contributed by atoms with van der Waals surface area (Å²) in [6.45, 7) is 4.56. The Morgan fingerprint density at radius 3 is 2.81 bits per heavy atom. The van der Waals surface area contributed by atoms with Crippen LogP contribution in [0.15, 0.2) is 52.5 Å². The van der Waals surface area contributed by atoms with Gasteiger partial charge in [-0.3, -0.25) is 14.3 Å². The van der Waals surface area contributed by atoms with Gasteiger partial charge in [-0.1, -0.05) is 11.8 Å². The minimum atomic E-state index is -3.08. The third kappa shape index (κ3) is 4.88. The van der Waals surface area contributed by atoms with Crippen molar-refractivity contribution in [1.29, 1.82) is 0 Å². The third-order valence-corrected chi connectivity index (χ3v) is 8.25. The molecule has 0 bridgehead atoms. The normalized spacial score (nSPS) is 18.5. The van der Waals surface area contributed by atoms with Gasteiger partial charge in [0, 0.05) is 30.5 Å². The lowest BCUT2D eigenvalue weighted by molar-refractivity contribution is -0.131. The minimum absolute atomic E-state index is 0.0315. The van der Waals surface area contributed by atoms with Crippen molar-refractivity contribution in [3.05, 3.63) is 48.7 Å². The van der Waals surface area contributed by atoms with Gasteiger partial charge in [-0.25, -0.2) is 8.42 Å². The van der Waals surface area contributed by atoms with Crippen molar-refractivity contribution in [2.75, 3.05) is 18.1 Å². The number of thioether (sulfide) groups is 1. The molecule has 1 fully saturated rings. The number of carbonyl (C=O) groups is 1. The first kappa shape index (κ1) is 22.5. The highest BCUT2D eigenvalue weighted by Gasteiger charge is 2.36. The number of rotatable bonds is 8. The number of carbonyl (C=O) groups excluding carboxylic acids is 1. The maximum absolute atomic E-state index is 13.2. The second-order valence-corrected chi connectivity index (χ2v) is 11.2. The van der Waals surface area contributed by atoms with E-state index in [2.05, 4.69) is 15.2 Å². The van der Waals surface area contributed by atoms with Gasteiger partial charge in [-0.05, 0) is 44.5 Å². The highest BCUT2D eigenvalue weighted by molar-refractivity contribution is 8.00. The van der Waals surface area contributed by atoms with E-state index in [4.69, 9.17) is 4.42 Å². The Morgan fingerprint density at radius 2 is 2.19 bits per heavy atom. The maximum Gasteiger partial charge on any atom is 0.236 e. The lowest BCUT2D eigenvalue weighted by Crippen LogP contribution is -2.44. The molecule has 4 heterocycles. The number of hydrogen-bond donors (Lipinski definition) is 0. The lowest BCUT2D eigenvalue weighted by atomic mass is 10.2. The number of nitrogens with zero attached hydrogens (tertiary/aromatic N) is 5. The molecule has 3 aromatic heterocycles. The zero-order valence-electron chi connectivity index (χ0n) is 17.9. The van der Waals surface area contributed by atoms with Crippen LogP contribution in [0.25, 0.3) is 11.4 Å². The van der Waals surface area contributed by atoms with Crippen molar-refractivity contribution in [2.45, 2.75) is 43.3 Å². The Labute approximate surface area is 191 Å². The van der Waals surface area contributed by atoms with Crippen LogP contribution in [0.4, 0.5) is 0 Å². The van der Waals surface area contributed by atoms with Crippen LogP contribution in [-0.4, -0.2) is 68.3 Å². The summed E-state index contributed by atoms with van der Waals surface area (Å²) < 4.78 is 31.2. The third-order valence-electron chi connectivity index (χ3n) is 5.43. The van der Waals surface area contributed by atoms with Crippen molar-refractivity contribution >= 4 is 27.5 Å². The Bertz CT molecular complexity index is 1160. The second-order valence-electron chi connectivity index (χ2n) is 7.65. The van der Waals surface area contributed by atoms with E-state index in [-0.39, 0.29) is 23.5 Å². The highest BCUT2D eigenvalue weighted by atomic mass is 32.2. The van der Waals surface area contributed by atoms with Gasteiger partial charge in [0.2, 0.25) is 5.91 Å². The number of furan rings is 1. The van der Waals surface area contributed by atoms with Crippen LogP contribution in [0.2, 0.25) is 0 Å². The van der Waals surface area contributed by atoms with Gasteiger partial charge in [-0.2, -0.15) is 0 Å². The minimum Gasteiger partial charge on any atom is -0.467 e. The Balaban J connectivity index is 1.57. The predicted octanol–water partition coefficient (Wildman–Crippen LogP) is 2.50. The summed E-state index contributed by atoms with van der Waals surface area (Å²) >= 11 is 1.30. The van der Waals surface area contributed by atoms with Crippen molar-refractivity contribution in [3.63, 3.8) is 0 Å². The van der Waals surface area contributed by atoms with Gasteiger partial charge >= 0.3 is 0 Å². The summed E-state index contributed by atoms with van der Waals surface area (Å²) in [5.74, 6) is 1.43. The van der Waals surface area contributed by atoms with E-state index >= 15 is 0 Å². The van der Waals surface area contributed by atoms with Crippen LogP contribution in [0.5, 0.6) is 0 Å². The van der Waals surface area contributed by atoms with Gasteiger partial charge in [0.15, 0.2) is 20.8 Å². The molecule has 170 valence electrons. The van der Waals surface area contributed by atoms with E-state index < -0.39 is 15.1 Å². The average molecular weight is 476 g/mol. The average Bonchev–Trinajstić information content (AvgIpc) is 3.51. The Hall–Kier alpha value is -2.66. The number of aromatic nitrogens is 4. The van der Waals surface area contributed by atoms with E-state index in [0.717, 1.165) is 11.3 Å². The number of pyridine rings is 1. The zero-order valence-corrected chi connectivity index (χ0v) is 19.6. The zero-order chi connectivity index (χ0) is 22.7. The van der Waals surface area contributed by atoms with Crippen LogP contribution in [-0.2, 0) is 21.2 Å². The molecule has 1 aliphatic rings. The molecule has 0 spiro atoms. The van der Waals surface area contributed by atoms with E-state index in [1.165, 1.54) is 11.8 Å². The molecular weight excluding hydrogens is 450 g/mol. The molecule has 1 saturated heterocycles. The van der Waals surface area contributed by atoms with Gasteiger partial charge in [-0.15, -0.1) is 10.2 Å². The van der Waals surface area contributed by atoms with E-state index in [1.54, 1.807) is 23.6 Å². The molecule has 3 aromatic rings. The standard InChI is InChI=1S/C21H25N5O4S2/c1-3-25(17-8-11-32(28,29)14-17)20(27)15(2)31-21-24-23-19(16-6-4-9-22-12-16)26(21)13-18-7-5-10-30-18/h4-7,9-10,12,15,17H,3,8,11,13-14H2,1-2H3/t15-,17+/m1/s1. The fraction of sp³-hybridized carbons (Fsp3) is 0.429. The van der Waals surface area contributed by atoms with Gasteiger partial charge in [0.25, 0.3) is 0 Å². The summed E-state index contributed by atoms with van der Waals surface area (Å²) in [7, 11) is -3.08. The lowest BCUT2D eigenvalue weighted by Gasteiger charge is -2.29. The first-order valence-electron chi connectivity index (χ1n) is 10.4. The van der Waals surface area contributed by atoms with Crippen molar-refractivity contribution in [3.8, 4) is 11.4 Å². The van der Waals surface area contributed by atoms with Crippen LogP contribution in [0.1, 0.15) is 26.0 Å². The molecule has 9 nitrogen and oxygen atoms in total. The molecule has 0 radical (unpaired) electrons. The highest BCUT2D eigenvalue weighted by Crippen LogP contribution is 2.29. The topological polar surface area (TPSA) is 111 Å². The monoisotopic (exact) mass is 475 g/mol. The fourth-order valence-electron chi connectivity index (χ4n) is 3.84. The first-order chi connectivity index (χ1) is 15.4. The smallest absolute Gasteiger partial charge is 0.236 e. The molecule has 11 heteroatoms. The van der Waals surface area contributed by atoms with Gasteiger partial charge in [0.05, 0.1) is 29.6 Å². The molecule has 0 saturated carbocycles. The van der Waals surface area contributed by atoms with Crippen LogP contribution >= 0.6 is 11.8 Å². The summed E-state index contributed by atoms with van der Waals surface area (Å²) in [6, 6.07) is 7.15. The summed E-state index contributed by atoms with van der Waals surface area (Å²) in [6.07, 6.45) is 5.50. The fourth-order valence-corrected chi connectivity index (χ4v) is 6.49. The largest absolute Gasteiger partial charge is 0.467 e. The molecule has 0 aliphatic carbocycles.